The molecule has 2 aromatic heterocycles. The van der Waals surface area contributed by atoms with E-state index in [1.165, 1.54) is 30.6 Å². The van der Waals surface area contributed by atoms with Gasteiger partial charge in [0.25, 0.3) is 12.3 Å². The Kier molecular flexibility index (Phi) is 10.9. The minimum atomic E-state index is -2.69. The topological polar surface area (TPSA) is 106 Å². The van der Waals surface area contributed by atoms with E-state index in [1.807, 2.05) is 30.9 Å². The Morgan fingerprint density at radius 1 is 0.918 bits per heavy atom. The predicted octanol–water partition coefficient (Wildman–Crippen LogP) is 4.55. The van der Waals surface area contributed by atoms with E-state index in [4.69, 9.17) is 14.2 Å². The Labute approximate surface area is 284 Å². The van der Waals surface area contributed by atoms with Crippen LogP contribution in [0.5, 0.6) is 17.8 Å². The summed E-state index contributed by atoms with van der Waals surface area (Å²) < 4.78 is 42.9. The number of methoxy groups -OCH3 is 1. The molecular formula is C36H41F2N7O4. The van der Waals surface area contributed by atoms with Gasteiger partial charge >= 0.3 is 6.01 Å². The first kappa shape index (κ1) is 34.1. The van der Waals surface area contributed by atoms with Crippen molar-refractivity contribution < 1.29 is 27.8 Å². The van der Waals surface area contributed by atoms with Gasteiger partial charge in [-0.2, -0.15) is 9.97 Å². The Hall–Kier alpha value is -4.75. The van der Waals surface area contributed by atoms with E-state index in [0.717, 1.165) is 0 Å². The number of fused-ring (bicyclic) bond motifs is 1. The van der Waals surface area contributed by atoms with Crippen LogP contribution < -0.4 is 14.2 Å². The molecule has 4 aromatic rings. The molecule has 2 atom stereocenters. The van der Waals surface area contributed by atoms with E-state index < -0.39 is 13.0 Å². The molecule has 2 aliphatic heterocycles. The van der Waals surface area contributed by atoms with Crippen LogP contribution in [0.25, 0.3) is 0 Å². The Balaban J connectivity index is 1.37. The molecular weight excluding hydrogens is 632 g/mol. The lowest BCUT2D eigenvalue weighted by Gasteiger charge is -2.53. The second-order valence-electron chi connectivity index (χ2n) is 12.5. The molecule has 6 rings (SSSR count). The summed E-state index contributed by atoms with van der Waals surface area (Å²) in [5.41, 5.74) is 3.30. The Bertz CT molecular complexity index is 1630. The molecule has 0 unspecified atom stereocenters. The molecule has 0 saturated carbocycles. The lowest BCUT2D eigenvalue weighted by molar-refractivity contribution is -0.0294. The Morgan fingerprint density at radius 3 is 2.22 bits per heavy atom. The van der Waals surface area contributed by atoms with Gasteiger partial charge in [-0.1, -0.05) is 60.7 Å². The van der Waals surface area contributed by atoms with E-state index in [-0.39, 0.29) is 47.8 Å². The first-order valence-electron chi connectivity index (χ1n) is 16.5. The van der Waals surface area contributed by atoms with Crippen LogP contribution in [0.2, 0.25) is 0 Å². The van der Waals surface area contributed by atoms with Crippen LogP contribution in [0.4, 0.5) is 8.78 Å². The summed E-state index contributed by atoms with van der Waals surface area (Å²) in [4.78, 5) is 37.3. The summed E-state index contributed by atoms with van der Waals surface area (Å²) in [6, 6.07) is 20.8. The number of piperazine rings is 2. The molecule has 2 aliphatic rings. The number of hydrogen-bond acceptors (Lipinski definition) is 10. The van der Waals surface area contributed by atoms with Crippen LogP contribution in [0.1, 0.15) is 46.9 Å². The smallest absolute Gasteiger partial charge is 0.323 e. The summed E-state index contributed by atoms with van der Waals surface area (Å²) in [5.74, 6) is 0.297. The highest BCUT2D eigenvalue weighted by Crippen LogP contribution is 2.38. The SMILES string of the molecule is COc1nc(OCC(F)F)nc(OC(C)C)c1CN1C[C@@H]2CN(C(=O)c3cnccn3)CCN2[C@H](C(c2ccccc2)c2ccccc2)C1. The third-order valence-electron chi connectivity index (χ3n) is 8.81. The van der Waals surface area contributed by atoms with Crippen LogP contribution in [-0.2, 0) is 6.54 Å². The third-order valence-corrected chi connectivity index (χ3v) is 8.81. The molecule has 49 heavy (non-hydrogen) atoms. The monoisotopic (exact) mass is 673 g/mol. The molecule has 0 bridgehead atoms. The summed E-state index contributed by atoms with van der Waals surface area (Å²) >= 11 is 0. The summed E-state index contributed by atoms with van der Waals surface area (Å²) in [5, 5.41) is 0. The number of rotatable bonds is 12. The number of hydrogen-bond donors (Lipinski definition) is 0. The van der Waals surface area contributed by atoms with Crippen LogP contribution >= 0.6 is 0 Å². The fourth-order valence-electron chi connectivity index (χ4n) is 6.83. The minimum Gasteiger partial charge on any atom is -0.481 e. The van der Waals surface area contributed by atoms with Gasteiger partial charge in [-0.05, 0) is 25.0 Å². The number of nitrogens with zero attached hydrogens (tertiary/aromatic N) is 7. The number of amides is 1. The molecule has 4 heterocycles. The largest absolute Gasteiger partial charge is 0.481 e. The van der Waals surface area contributed by atoms with Gasteiger partial charge in [-0.15, -0.1) is 0 Å². The van der Waals surface area contributed by atoms with E-state index in [0.29, 0.717) is 50.5 Å². The van der Waals surface area contributed by atoms with Gasteiger partial charge in [0.1, 0.15) is 5.69 Å². The summed E-state index contributed by atoms with van der Waals surface area (Å²) in [6.07, 6.45) is 1.64. The lowest BCUT2D eigenvalue weighted by Crippen LogP contribution is -2.67. The van der Waals surface area contributed by atoms with Crippen molar-refractivity contribution in [1.82, 2.24) is 34.6 Å². The molecule has 1 amide bonds. The summed E-state index contributed by atoms with van der Waals surface area (Å²) in [6.45, 7) is 6.30. The molecule has 13 heteroatoms. The average Bonchev–Trinajstić information content (AvgIpc) is 3.12. The van der Waals surface area contributed by atoms with E-state index in [2.05, 4.69) is 78.3 Å². The standard InChI is InChI=1S/C36H41F2N7O4/c1-24(2)49-34-28(33(47-3)41-36(42-34)48-23-31(37)38)21-43-19-27-20-44(35(46)29-18-39-14-15-40-29)16-17-45(27)30(22-43)32(25-10-6-4-7-11-25)26-12-8-5-9-13-26/h4-15,18,24,27,30-32H,16-17,19-23H2,1-3H3/t27-,30+/m1/s1. The minimum absolute atomic E-state index is 0.0157. The third kappa shape index (κ3) is 8.11. The maximum atomic E-state index is 13.5. The molecule has 11 nitrogen and oxygen atoms in total. The highest BCUT2D eigenvalue weighted by molar-refractivity contribution is 5.92. The quantitative estimate of drug-likeness (QED) is 0.213. The van der Waals surface area contributed by atoms with E-state index >= 15 is 0 Å². The first-order chi connectivity index (χ1) is 23.8. The molecule has 2 saturated heterocycles. The number of alkyl halides is 2. The normalized spacial score (nSPS) is 18.5. The van der Waals surface area contributed by atoms with Crippen LogP contribution in [0.3, 0.4) is 0 Å². The van der Waals surface area contributed by atoms with Crippen molar-refractivity contribution in [2.45, 2.75) is 50.9 Å². The van der Waals surface area contributed by atoms with Gasteiger partial charge in [-0.3, -0.25) is 19.6 Å². The zero-order valence-corrected chi connectivity index (χ0v) is 27.9. The number of halogens is 2. The second-order valence-corrected chi connectivity index (χ2v) is 12.5. The second kappa shape index (κ2) is 15.6. The maximum absolute atomic E-state index is 13.5. The van der Waals surface area contributed by atoms with Gasteiger partial charge in [0.15, 0.2) is 6.61 Å². The zero-order valence-electron chi connectivity index (χ0n) is 27.9. The van der Waals surface area contributed by atoms with Gasteiger partial charge in [0, 0.05) is 69.7 Å². The van der Waals surface area contributed by atoms with Crippen molar-refractivity contribution in [3.05, 3.63) is 102 Å². The van der Waals surface area contributed by atoms with Crippen molar-refractivity contribution in [3.63, 3.8) is 0 Å². The number of aromatic nitrogens is 4. The zero-order chi connectivity index (χ0) is 34.3. The fraction of sp³-hybridized carbons (Fsp3) is 0.417. The molecule has 2 aromatic carbocycles. The van der Waals surface area contributed by atoms with Crippen LogP contribution in [0, 0.1) is 0 Å². The van der Waals surface area contributed by atoms with Crippen molar-refractivity contribution in [2.75, 3.05) is 46.4 Å². The van der Waals surface area contributed by atoms with Crippen LogP contribution in [0.15, 0.2) is 79.3 Å². The molecule has 258 valence electrons. The van der Waals surface area contributed by atoms with Crippen molar-refractivity contribution in [2.24, 2.45) is 0 Å². The molecule has 0 aliphatic carbocycles. The van der Waals surface area contributed by atoms with Crippen LogP contribution in [-0.4, -0.2) is 112 Å². The van der Waals surface area contributed by atoms with E-state index in [9.17, 15) is 13.6 Å². The molecule has 0 N–H and O–H groups in total. The van der Waals surface area contributed by atoms with Gasteiger partial charge in [0.2, 0.25) is 11.8 Å². The number of carbonyl (C=O) groups is 1. The summed E-state index contributed by atoms with van der Waals surface area (Å²) in [7, 11) is 1.47. The number of ether oxygens (including phenoxy) is 3. The first-order valence-corrected chi connectivity index (χ1v) is 16.5. The Morgan fingerprint density at radius 2 is 1.61 bits per heavy atom. The van der Waals surface area contributed by atoms with E-state index in [1.54, 1.807) is 6.20 Å². The fourth-order valence-corrected chi connectivity index (χ4v) is 6.83. The number of carbonyl (C=O) groups excluding carboxylic acids is 1. The van der Waals surface area contributed by atoms with Gasteiger partial charge < -0.3 is 19.1 Å². The number of benzene rings is 2. The van der Waals surface area contributed by atoms with Gasteiger partial charge in [0.05, 0.1) is 25.0 Å². The lowest BCUT2D eigenvalue weighted by atomic mass is 9.81. The van der Waals surface area contributed by atoms with Gasteiger partial charge in [-0.25, -0.2) is 13.8 Å². The maximum Gasteiger partial charge on any atom is 0.323 e. The predicted molar refractivity (Wildman–Crippen MR) is 178 cm³/mol. The van der Waals surface area contributed by atoms with Crippen molar-refractivity contribution >= 4 is 5.91 Å². The highest BCUT2D eigenvalue weighted by atomic mass is 19.3. The molecule has 0 spiro atoms. The highest BCUT2D eigenvalue weighted by Gasteiger charge is 2.43. The molecule has 2 fully saturated rings. The van der Waals surface area contributed by atoms with Crippen molar-refractivity contribution in [3.8, 4) is 17.8 Å². The molecule has 0 radical (unpaired) electrons. The average molecular weight is 674 g/mol. The van der Waals surface area contributed by atoms with Crippen molar-refractivity contribution in [1.29, 1.82) is 0 Å².